The second-order valence-electron chi connectivity index (χ2n) is 4.99. The topological polar surface area (TPSA) is 24.9 Å². The van der Waals surface area contributed by atoms with Crippen molar-refractivity contribution in [2.24, 2.45) is 0 Å². The maximum atomic E-state index is 4.52. The van der Waals surface area contributed by atoms with Crippen molar-refractivity contribution in [2.75, 3.05) is 12.8 Å². The Labute approximate surface area is 120 Å². The number of nitrogens with one attached hydrogen (secondary N) is 1. The molecule has 1 unspecified atom stereocenters. The lowest BCUT2D eigenvalue weighted by molar-refractivity contribution is 0.648. The van der Waals surface area contributed by atoms with Gasteiger partial charge < -0.3 is 5.32 Å². The molecule has 2 nitrogen and oxygen atoms in total. The number of thioether (sulfide) groups is 1. The number of benzene rings is 1. The lowest BCUT2D eigenvalue weighted by atomic mass is 10.1. The van der Waals surface area contributed by atoms with Crippen LogP contribution in [0.4, 0.5) is 0 Å². The van der Waals surface area contributed by atoms with Crippen molar-refractivity contribution >= 4 is 22.7 Å². The molecule has 0 aliphatic rings. The summed E-state index contributed by atoms with van der Waals surface area (Å²) in [6, 6.07) is 10.7. The molecule has 0 radical (unpaired) electrons. The average molecular weight is 274 g/mol. The van der Waals surface area contributed by atoms with Crippen LogP contribution < -0.4 is 5.32 Å². The molecule has 0 amide bonds. The Balaban J connectivity index is 1.92. The SMILES string of the molecule is CSC(C)CCNCc1ccc2nc(C)ccc2c1. The second-order valence-corrected chi connectivity index (χ2v) is 6.27. The van der Waals surface area contributed by atoms with E-state index in [0.717, 1.165) is 29.6 Å². The van der Waals surface area contributed by atoms with E-state index in [2.05, 4.69) is 53.8 Å². The Morgan fingerprint density at radius 2 is 2.11 bits per heavy atom. The summed E-state index contributed by atoms with van der Waals surface area (Å²) in [7, 11) is 0. The van der Waals surface area contributed by atoms with Gasteiger partial charge in [-0.2, -0.15) is 11.8 Å². The van der Waals surface area contributed by atoms with Gasteiger partial charge in [0, 0.05) is 22.9 Å². The highest BCUT2D eigenvalue weighted by Crippen LogP contribution is 2.15. The maximum absolute atomic E-state index is 4.52. The van der Waals surface area contributed by atoms with Gasteiger partial charge in [-0.05, 0) is 49.9 Å². The highest BCUT2D eigenvalue weighted by Gasteiger charge is 2.00. The molecule has 0 saturated carbocycles. The zero-order valence-corrected chi connectivity index (χ0v) is 12.8. The van der Waals surface area contributed by atoms with Crippen molar-refractivity contribution in [3.63, 3.8) is 0 Å². The third kappa shape index (κ3) is 4.22. The summed E-state index contributed by atoms with van der Waals surface area (Å²) in [4.78, 5) is 4.52. The van der Waals surface area contributed by atoms with E-state index >= 15 is 0 Å². The monoisotopic (exact) mass is 274 g/mol. The van der Waals surface area contributed by atoms with Crippen molar-refractivity contribution in [1.29, 1.82) is 0 Å². The minimum atomic E-state index is 0.733. The first-order chi connectivity index (χ1) is 9.19. The van der Waals surface area contributed by atoms with E-state index < -0.39 is 0 Å². The summed E-state index contributed by atoms with van der Waals surface area (Å²) < 4.78 is 0. The number of aromatic nitrogens is 1. The molecule has 1 aromatic heterocycles. The standard InChI is InChI=1S/C16H22N2S/c1-12-4-6-15-10-14(5-7-16(15)18-12)11-17-9-8-13(2)19-3/h4-7,10,13,17H,8-9,11H2,1-3H3. The van der Waals surface area contributed by atoms with Gasteiger partial charge in [0.05, 0.1) is 5.52 Å². The molecule has 2 rings (SSSR count). The van der Waals surface area contributed by atoms with Crippen LogP contribution in [0.1, 0.15) is 24.6 Å². The van der Waals surface area contributed by atoms with Crippen molar-refractivity contribution in [1.82, 2.24) is 10.3 Å². The van der Waals surface area contributed by atoms with E-state index in [1.807, 2.05) is 18.7 Å². The van der Waals surface area contributed by atoms with Crippen LogP contribution in [-0.4, -0.2) is 23.0 Å². The molecule has 19 heavy (non-hydrogen) atoms. The lowest BCUT2D eigenvalue weighted by Crippen LogP contribution is -2.17. The zero-order chi connectivity index (χ0) is 13.7. The van der Waals surface area contributed by atoms with E-state index in [1.54, 1.807) is 0 Å². The fourth-order valence-corrected chi connectivity index (χ4v) is 2.40. The summed E-state index contributed by atoms with van der Waals surface area (Å²) in [6.07, 6.45) is 3.39. The average Bonchev–Trinajstić information content (AvgIpc) is 2.43. The third-order valence-corrected chi connectivity index (χ3v) is 4.39. The largest absolute Gasteiger partial charge is 0.313 e. The molecule has 1 atom stereocenters. The molecule has 1 heterocycles. The molecule has 3 heteroatoms. The highest BCUT2D eigenvalue weighted by atomic mass is 32.2. The number of hydrogen-bond acceptors (Lipinski definition) is 3. The highest BCUT2D eigenvalue weighted by molar-refractivity contribution is 7.99. The predicted octanol–water partition coefficient (Wildman–Crippen LogP) is 3.77. The van der Waals surface area contributed by atoms with Crippen LogP contribution in [0.5, 0.6) is 0 Å². The van der Waals surface area contributed by atoms with E-state index in [4.69, 9.17) is 0 Å². The van der Waals surface area contributed by atoms with Crippen molar-refractivity contribution in [2.45, 2.75) is 32.1 Å². The van der Waals surface area contributed by atoms with Gasteiger partial charge in [0.25, 0.3) is 0 Å². The quantitative estimate of drug-likeness (QED) is 0.812. The van der Waals surface area contributed by atoms with Crippen LogP contribution in [0.2, 0.25) is 0 Å². The van der Waals surface area contributed by atoms with Crippen molar-refractivity contribution in [3.05, 3.63) is 41.6 Å². The molecule has 2 aromatic rings. The minimum Gasteiger partial charge on any atom is -0.313 e. The number of nitrogens with zero attached hydrogens (tertiary/aromatic N) is 1. The van der Waals surface area contributed by atoms with Gasteiger partial charge in [-0.1, -0.05) is 19.1 Å². The van der Waals surface area contributed by atoms with Gasteiger partial charge in [0.15, 0.2) is 0 Å². The second kappa shape index (κ2) is 6.92. The fourth-order valence-electron chi connectivity index (χ4n) is 2.04. The molecule has 0 aliphatic heterocycles. The third-order valence-electron chi connectivity index (χ3n) is 3.35. The van der Waals surface area contributed by atoms with Gasteiger partial charge in [-0.25, -0.2) is 0 Å². The Morgan fingerprint density at radius 3 is 2.89 bits per heavy atom. The molecule has 1 aromatic carbocycles. The molecule has 1 N–H and O–H groups in total. The first-order valence-corrected chi connectivity index (χ1v) is 8.07. The van der Waals surface area contributed by atoms with Crippen LogP contribution in [0, 0.1) is 6.92 Å². The first kappa shape index (κ1) is 14.4. The van der Waals surface area contributed by atoms with E-state index in [0.29, 0.717) is 0 Å². The molecule has 0 spiro atoms. The van der Waals surface area contributed by atoms with Crippen molar-refractivity contribution < 1.29 is 0 Å². The zero-order valence-electron chi connectivity index (χ0n) is 11.9. The summed E-state index contributed by atoms with van der Waals surface area (Å²) in [5.74, 6) is 0. The van der Waals surface area contributed by atoms with Crippen LogP contribution in [0.3, 0.4) is 0 Å². The number of aryl methyl sites for hydroxylation is 1. The lowest BCUT2D eigenvalue weighted by Gasteiger charge is -2.09. The van der Waals surface area contributed by atoms with Crippen molar-refractivity contribution in [3.8, 4) is 0 Å². The Morgan fingerprint density at radius 1 is 1.26 bits per heavy atom. The van der Waals surface area contributed by atoms with E-state index in [9.17, 15) is 0 Å². The van der Waals surface area contributed by atoms with Crippen LogP contribution >= 0.6 is 11.8 Å². The molecule has 102 valence electrons. The molecule has 0 aliphatic carbocycles. The van der Waals surface area contributed by atoms with Crippen LogP contribution in [0.25, 0.3) is 10.9 Å². The number of rotatable bonds is 6. The van der Waals surface area contributed by atoms with E-state index in [1.165, 1.54) is 17.4 Å². The van der Waals surface area contributed by atoms with E-state index in [-0.39, 0.29) is 0 Å². The molecular formula is C16H22N2S. The molecule has 0 bridgehead atoms. The van der Waals surface area contributed by atoms with Crippen LogP contribution in [-0.2, 0) is 6.54 Å². The number of hydrogen-bond donors (Lipinski definition) is 1. The van der Waals surface area contributed by atoms with Gasteiger partial charge >= 0.3 is 0 Å². The molecular weight excluding hydrogens is 252 g/mol. The maximum Gasteiger partial charge on any atom is 0.0705 e. The first-order valence-electron chi connectivity index (χ1n) is 6.79. The Hall–Kier alpha value is -1.06. The van der Waals surface area contributed by atoms with Gasteiger partial charge in [0.2, 0.25) is 0 Å². The normalized spacial score (nSPS) is 12.8. The minimum absolute atomic E-state index is 0.733. The van der Waals surface area contributed by atoms with Gasteiger partial charge in [0.1, 0.15) is 0 Å². The smallest absolute Gasteiger partial charge is 0.0705 e. The predicted molar refractivity (Wildman–Crippen MR) is 85.8 cm³/mol. The molecule has 0 saturated heterocycles. The summed E-state index contributed by atoms with van der Waals surface area (Å²) in [5.41, 5.74) is 3.49. The summed E-state index contributed by atoms with van der Waals surface area (Å²) in [6.45, 7) is 6.31. The van der Waals surface area contributed by atoms with Gasteiger partial charge in [-0.3, -0.25) is 4.98 Å². The Kier molecular flexibility index (Phi) is 5.23. The molecule has 0 fully saturated rings. The number of fused-ring (bicyclic) bond motifs is 1. The fraction of sp³-hybridized carbons (Fsp3) is 0.438. The summed E-state index contributed by atoms with van der Waals surface area (Å²) >= 11 is 1.93. The van der Waals surface area contributed by atoms with Gasteiger partial charge in [-0.15, -0.1) is 0 Å². The summed E-state index contributed by atoms with van der Waals surface area (Å²) in [5, 5.41) is 5.47. The Bertz CT molecular complexity index is 539. The number of pyridine rings is 1. The van der Waals surface area contributed by atoms with Crippen LogP contribution in [0.15, 0.2) is 30.3 Å².